The normalized spacial score (nSPS) is 13.8. The van der Waals surface area contributed by atoms with Crippen molar-refractivity contribution in [3.63, 3.8) is 0 Å². The lowest BCUT2D eigenvalue weighted by atomic mass is 9.95. The van der Waals surface area contributed by atoms with Crippen molar-refractivity contribution >= 4 is 0 Å². The van der Waals surface area contributed by atoms with Crippen molar-refractivity contribution in [2.45, 2.75) is 32.3 Å². The zero-order valence-corrected chi connectivity index (χ0v) is 11.2. The molecule has 0 aliphatic heterocycles. The minimum absolute atomic E-state index is 0.101. The molecule has 1 aliphatic carbocycles. The summed E-state index contributed by atoms with van der Waals surface area (Å²) in [7, 11) is 0. The molecule has 1 aliphatic rings. The summed E-state index contributed by atoms with van der Waals surface area (Å²) in [4.78, 5) is 17.7. The highest BCUT2D eigenvalue weighted by Gasteiger charge is 2.19. The number of aromatic nitrogens is 1. The maximum atomic E-state index is 12.0. The number of fused-ring (bicyclic) bond motifs is 1. The van der Waals surface area contributed by atoms with Gasteiger partial charge in [0.05, 0.1) is 5.69 Å². The first-order valence-electron chi connectivity index (χ1n) is 6.89. The number of aromatic hydroxyl groups is 1. The number of rotatable bonds is 3. The Hall–Kier alpha value is -2.23. The van der Waals surface area contributed by atoms with Crippen molar-refractivity contribution in [1.82, 2.24) is 4.73 Å². The van der Waals surface area contributed by atoms with Crippen LogP contribution >= 0.6 is 0 Å². The number of benzene rings is 1. The van der Waals surface area contributed by atoms with E-state index < -0.39 is 0 Å². The summed E-state index contributed by atoms with van der Waals surface area (Å²) >= 11 is 0. The van der Waals surface area contributed by atoms with E-state index in [1.54, 1.807) is 0 Å². The van der Waals surface area contributed by atoms with E-state index in [0.29, 0.717) is 6.61 Å². The van der Waals surface area contributed by atoms with E-state index in [0.717, 1.165) is 42.5 Å². The Morgan fingerprint density at radius 3 is 2.70 bits per heavy atom. The van der Waals surface area contributed by atoms with E-state index >= 15 is 0 Å². The maximum absolute atomic E-state index is 12.0. The van der Waals surface area contributed by atoms with Gasteiger partial charge in [0.25, 0.3) is 5.56 Å². The summed E-state index contributed by atoms with van der Waals surface area (Å²) < 4.78 is 1.35. The molecule has 0 saturated heterocycles. The number of hydrogen-bond donors (Lipinski definition) is 1. The van der Waals surface area contributed by atoms with Crippen molar-refractivity contribution < 1.29 is 9.94 Å². The van der Waals surface area contributed by atoms with E-state index in [9.17, 15) is 9.90 Å². The third-order valence-electron chi connectivity index (χ3n) is 3.66. The minimum atomic E-state index is -0.306. The molecule has 1 N–H and O–H groups in total. The third-order valence-corrected chi connectivity index (χ3v) is 3.66. The van der Waals surface area contributed by atoms with E-state index in [1.165, 1.54) is 10.8 Å². The highest BCUT2D eigenvalue weighted by molar-refractivity contribution is 5.36. The van der Waals surface area contributed by atoms with Crippen molar-refractivity contribution in [2.75, 3.05) is 0 Å². The van der Waals surface area contributed by atoms with Gasteiger partial charge in [-0.3, -0.25) is 4.79 Å². The molecule has 4 heteroatoms. The van der Waals surface area contributed by atoms with Crippen molar-refractivity contribution in [3.8, 4) is 5.75 Å². The predicted octanol–water partition coefficient (Wildman–Crippen LogP) is 2.06. The van der Waals surface area contributed by atoms with Gasteiger partial charge in [-0.15, -0.1) is 4.73 Å². The van der Waals surface area contributed by atoms with Crippen molar-refractivity contribution in [3.05, 3.63) is 63.6 Å². The Balaban J connectivity index is 1.91. The average Bonchev–Trinajstić information content (AvgIpc) is 2.48. The molecule has 0 spiro atoms. The molecule has 1 aromatic carbocycles. The number of nitrogens with zero attached hydrogens (tertiary/aromatic N) is 1. The molecule has 2 aromatic rings. The van der Waals surface area contributed by atoms with Crippen LogP contribution in [0.15, 0.2) is 41.2 Å². The van der Waals surface area contributed by atoms with E-state index in [4.69, 9.17) is 4.84 Å². The first-order valence-corrected chi connectivity index (χ1v) is 6.89. The molecule has 0 amide bonds. The standard InChI is InChI=1S/C16H17NO3/c18-15-10-16(19)17(14-9-5-4-8-13(14)15)20-11-12-6-2-1-3-7-12/h1-3,6-7,10,18H,4-5,8-9,11H2. The lowest BCUT2D eigenvalue weighted by molar-refractivity contribution is 0.0802. The fourth-order valence-corrected chi connectivity index (χ4v) is 2.64. The van der Waals surface area contributed by atoms with Gasteiger partial charge in [-0.1, -0.05) is 30.3 Å². The van der Waals surface area contributed by atoms with Gasteiger partial charge in [0.1, 0.15) is 12.4 Å². The van der Waals surface area contributed by atoms with Crippen molar-refractivity contribution in [2.24, 2.45) is 0 Å². The maximum Gasteiger partial charge on any atom is 0.286 e. The Labute approximate surface area is 117 Å². The molecule has 104 valence electrons. The van der Waals surface area contributed by atoms with Crippen LogP contribution in [-0.4, -0.2) is 9.84 Å². The first kappa shape index (κ1) is 12.8. The summed E-state index contributed by atoms with van der Waals surface area (Å²) in [6, 6.07) is 11.0. The molecule has 0 saturated carbocycles. The Morgan fingerprint density at radius 2 is 1.90 bits per heavy atom. The molecule has 1 aromatic heterocycles. The second-order valence-electron chi connectivity index (χ2n) is 5.05. The summed E-state index contributed by atoms with van der Waals surface area (Å²) in [6.07, 6.45) is 3.63. The zero-order valence-electron chi connectivity index (χ0n) is 11.2. The molecule has 0 bridgehead atoms. The highest BCUT2D eigenvalue weighted by Crippen LogP contribution is 2.26. The van der Waals surface area contributed by atoms with E-state index in [2.05, 4.69) is 0 Å². The summed E-state index contributed by atoms with van der Waals surface area (Å²) in [5.41, 5.74) is 2.37. The second kappa shape index (κ2) is 5.41. The molecular weight excluding hydrogens is 254 g/mol. The second-order valence-corrected chi connectivity index (χ2v) is 5.05. The van der Waals surface area contributed by atoms with Gasteiger partial charge in [0.2, 0.25) is 0 Å². The largest absolute Gasteiger partial charge is 0.507 e. The monoisotopic (exact) mass is 271 g/mol. The van der Waals surface area contributed by atoms with Crippen LogP contribution in [0.1, 0.15) is 29.7 Å². The van der Waals surface area contributed by atoms with E-state index in [-0.39, 0.29) is 11.3 Å². The number of pyridine rings is 1. The van der Waals surface area contributed by atoms with Crippen LogP contribution in [-0.2, 0) is 19.4 Å². The van der Waals surface area contributed by atoms with Gasteiger partial charge in [0.15, 0.2) is 0 Å². The van der Waals surface area contributed by atoms with Gasteiger partial charge in [-0.2, -0.15) is 0 Å². The Morgan fingerprint density at radius 1 is 1.15 bits per heavy atom. The van der Waals surface area contributed by atoms with Crippen LogP contribution in [0, 0.1) is 0 Å². The number of hydrogen-bond acceptors (Lipinski definition) is 3. The van der Waals surface area contributed by atoms with Gasteiger partial charge < -0.3 is 9.94 Å². The van der Waals surface area contributed by atoms with Crippen LogP contribution in [0.2, 0.25) is 0 Å². The van der Waals surface area contributed by atoms with Gasteiger partial charge >= 0.3 is 0 Å². The Kier molecular flexibility index (Phi) is 3.46. The molecule has 0 unspecified atom stereocenters. The highest BCUT2D eigenvalue weighted by atomic mass is 16.7. The smallest absolute Gasteiger partial charge is 0.286 e. The van der Waals surface area contributed by atoms with Crippen LogP contribution < -0.4 is 10.4 Å². The average molecular weight is 271 g/mol. The van der Waals surface area contributed by atoms with E-state index in [1.807, 2.05) is 30.3 Å². The molecular formula is C16H17NO3. The lowest BCUT2D eigenvalue weighted by Gasteiger charge is -2.21. The van der Waals surface area contributed by atoms with Gasteiger partial charge in [0, 0.05) is 11.6 Å². The predicted molar refractivity (Wildman–Crippen MR) is 75.7 cm³/mol. The van der Waals surface area contributed by atoms with Crippen LogP contribution in [0.25, 0.3) is 0 Å². The fraction of sp³-hybridized carbons (Fsp3) is 0.312. The molecule has 4 nitrogen and oxygen atoms in total. The third kappa shape index (κ3) is 2.41. The fourth-order valence-electron chi connectivity index (χ4n) is 2.64. The minimum Gasteiger partial charge on any atom is -0.507 e. The topological polar surface area (TPSA) is 51.5 Å². The molecule has 0 radical (unpaired) electrons. The zero-order chi connectivity index (χ0) is 13.9. The summed E-state index contributed by atoms with van der Waals surface area (Å²) in [5.74, 6) is 0.101. The van der Waals surface area contributed by atoms with Crippen LogP contribution in [0.4, 0.5) is 0 Å². The van der Waals surface area contributed by atoms with Crippen molar-refractivity contribution in [1.29, 1.82) is 0 Å². The molecule has 20 heavy (non-hydrogen) atoms. The molecule has 0 atom stereocenters. The Bertz CT molecular complexity index is 661. The molecule has 3 rings (SSSR count). The summed E-state index contributed by atoms with van der Waals surface area (Å²) in [6.45, 7) is 0.345. The van der Waals surface area contributed by atoms with Gasteiger partial charge in [-0.25, -0.2) is 0 Å². The molecule has 0 fully saturated rings. The quantitative estimate of drug-likeness (QED) is 0.929. The van der Waals surface area contributed by atoms with Crippen LogP contribution in [0.3, 0.4) is 0 Å². The molecule has 1 heterocycles. The first-order chi connectivity index (χ1) is 9.75. The van der Waals surface area contributed by atoms with Crippen LogP contribution in [0.5, 0.6) is 5.75 Å². The lowest BCUT2D eigenvalue weighted by Crippen LogP contribution is -2.31. The van der Waals surface area contributed by atoms with Gasteiger partial charge in [-0.05, 0) is 31.2 Å². The summed E-state index contributed by atoms with van der Waals surface area (Å²) in [5, 5.41) is 9.88. The SMILES string of the molecule is O=c1cc(O)c2c(n1OCc1ccccc1)CCCC2.